The van der Waals surface area contributed by atoms with Gasteiger partial charge >= 0.3 is 5.97 Å². The van der Waals surface area contributed by atoms with Crippen LogP contribution in [0.2, 0.25) is 0 Å². The van der Waals surface area contributed by atoms with E-state index in [1.165, 1.54) is 0 Å². The zero-order valence-corrected chi connectivity index (χ0v) is 13.7. The second kappa shape index (κ2) is 7.82. The van der Waals surface area contributed by atoms with Crippen LogP contribution in [0.5, 0.6) is 5.75 Å². The van der Waals surface area contributed by atoms with Gasteiger partial charge in [-0.25, -0.2) is 0 Å². The first-order valence-corrected chi connectivity index (χ1v) is 7.51. The lowest BCUT2D eigenvalue weighted by Crippen LogP contribution is -2.49. The van der Waals surface area contributed by atoms with Crippen LogP contribution in [0.3, 0.4) is 0 Å². The molecule has 0 aromatic heterocycles. The molecule has 1 amide bonds. The Morgan fingerprint density at radius 3 is 2.50 bits per heavy atom. The summed E-state index contributed by atoms with van der Waals surface area (Å²) < 4.78 is 5.80. The lowest BCUT2D eigenvalue weighted by Gasteiger charge is -2.28. The van der Waals surface area contributed by atoms with Crippen LogP contribution in [0, 0.1) is 6.92 Å². The van der Waals surface area contributed by atoms with E-state index in [2.05, 4.69) is 5.32 Å². The normalized spacial score (nSPS) is 12.5. The molecule has 1 aromatic rings. The molecule has 0 heterocycles. The highest BCUT2D eigenvalue weighted by Crippen LogP contribution is 2.19. The van der Waals surface area contributed by atoms with Crippen molar-refractivity contribution >= 4 is 11.9 Å². The summed E-state index contributed by atoms with van der Waals surface area (Å²) >= 11 is 0. The molecule has 1 atom stereocenters. The van der Waals surface area contributed by atoms with Crippen molar-refractivity contribution in [1.82, 2.24) is 5.32 Å². The lowest BCUT2D eigenvalue weighted by atomic mass is 9.98. The molecule has 0 saturated heterocycles. The third kappa shape index (κ3) is 5.76. The molecule has 5 heteroatoms. The van der Waals surface area contributed by atoms with Crippen LogP contribution in [0.15, 0.2) is 24.3 Å². The summed E-state index contributed by atoms with van der Waals surface area (Å²) in [7, 11) is 0. The Bertz CT molecular complexity index is 525. The second-order valence-corrected chi connectivity index (χ2v) is 6.05. The van der Waals surface area contributed by atoms with E-state index in [1.807, 2.05) is 52.0 Å². The molecule has 1 aromatic carbocycles. The molecule has 122 valence electrons. The van der Waals surface area contributed by atoms with Gasteiger partial charge in [0.05, 0.1) is 0 Å². The van der Waals surface area contributed by atoms with Gasteiger partial charge in [0.15, 0.2) is 6.10 Å². The summed E-state index contributed by atoms with van der Waals surface area (Å²) in [5, 5.41) is 11.6. The number of hydrogen-bond donors (Lipinski definition) is 2. The zero-order chi connectivity index (χ0) is 16.8. The first-order chi connectivity index (χ1) is 10.2. The van der Waals surface area contributed by atoms with Gasteiger partial charge in [-0.05, 0) is 45.2 Å². The largest absolute Gasteiger partial charge is 0.481 e. The molecule has 0 bridgehead atoms. The van der Waals surface area contributed by atoms with Crippen LogP contribution in [-0.2, 0) is 9.59 Å². The zero-order valence-electron chi connectivity index (χ0n) is 13.7. The fourth-order valence-corrected chi connectivity index (χ4v) is 2.06. The quantitative estimate of drug-likeness (QED) is 0.774. The molecule has 0 aliphatic rings. The summed E-state index contributed by atoms with van der Waals surface area (Å²) in [5.41, 5.74) is 0.386. The van der Waals surface area contributed by atoms with E-state index < -0.39 is 17.6 Å². The molecular weight excluding hydrogens is 282 g/mol. The fraction of sp³-hybridized carbons (Fsp3) is 0.529. The molecule has 0 radical (unpaired) electrons. The Kier molecular flexibility index (Phi) is 6.40. The van der Waals surface area contributed by atoms with Crippen molar-refractivity contribution in [2.45, 2.75) is 58.6 Å². The van der Waals surface area contributed by atoms with E-state index in [0.29, 0.717) is 18.6 Å². The number of carboxylic acid groups (broad SMARTS) is 1. The maximum Gasteiger partial charge on any atom is 0.303 e. The number of hydrogen-bond acceptors (Lipinski definition) is 3. The summed E-state index contributed by atoms with van der Waals surface area (Å²) in [6, 6.07) is 7.54. The van der Waals surface area contributed by atoms with E-state index >= 15 is 0 Å². The van der Waals surface area contributed by atoms with Gasteiger partial charge in [0.25, 0.3) is 5.91 Å². The Hall–Kier alpha value is -2.04. The molecule has 0 fully saturated rings. The number of amides is 1. The molecule has 22 heavy (non-hydrogen) atoms. The maximum atomic E-state index is 12.4. The minimum atomic E-state index is -0.870. The van der Waals surface area contributed by atoms with Crippen LogP contribution < -0.4 is 10.1 Å². The number of aryl methyl sites for hydroxylation is 1. The number of carbonyl (C=O) groups is 2. The van der Waals surface area contributed by atoms with E-state index in [9.17, 15) is 9.59 Å². The predicted octanol–water partition coefficient (Wildman–Crippen LogP) is 2.91. The minimum Gasteiger partial charge on any atom is -0.481 e. The van der Waals surface area contributed by atoms with Crippen molar-refractivity contribution in [3.63, 3.8) is 0 Å². The number of para-hydroxylation sites is 1. The summed E-state index contributed by atoms with van der Waals surface area (Å²) in [6.45, 7) is 7.44. The van der Waals surface area contributed by atoms with Crippen molar-refractivity contribution < 1.29 is 19.4 Å². The number of aliphatic carboxylic acids is 1. The van der Waals surface area contributed by atoms with E-state index in [-0.39, 0.29) is 12.3 Å². The molecular formula is C17H25NO4. The van der Waals surface area contributed by atoms with Crippen molar-refractivity contribution in [2.75, 3.05) is 0 Å². The van der Waals surface area contributed by atoms with Gasteiger partial charge in [-0.3, -0.25) is 9.59 Å². The Morgan fingerprint density at radius 1 is 1.32 bits per heavy atom. The van der Waals surface area contributed by atoms with Gasteiger partial charge in [-0.2, -0.15) is 0 Å². The number of nitrogens with one attached hydrogen (secondary N) is 1. The molecule has 2 N–H and O–H groups in total. The molecule has 5 nitrogen and oxygen atoms in total. The summed E-state index contributed by atoms with van der Waals surface area (Å²) in [5.74, 6) is -0.403. The van der Waals surface area contributed by atoms with Crippen LogP contribution in [-0.4, -0.2) is 28.6 Å². The maximum absolute atomic E-state index is 12.4. The number of carbonyl (C=O) groups excluding carboxylic acids is 1. The third-order valence-electron chi connectivity index (χ3n) is 3.45. The number of carboxylic acids is 1. The summed E-state index contributed by atoms with van der Waals surface area (Å²) in [6.07, 6.45) is 0.331. The van der Waals surface area contributed by atoms with Gasteiger partial charge in [-0.15, -0.1) is 0 Å². The Balaban J connectivity index is 2.68. The monoisotopic (exact) mass is 307 g/mol. The van der Waals surface area contributed by atoms with Gasteiger partial charge in [-0.1, -0.05) is 25.1 Å². The number of ether oxygens (including phenoxy) is 1. The van der Waals surface area contributed by atoms with E-state index in [1.54, 1.807) is 0 Å². The SMILES string of the molecule is CCC(Oc1ccccc1C)C(=O)NC(C)(C)CCC(=O)O. The second-order valence-electron chi connectivity index (χ2n) is 6.05. The molecule has 0 aliphatic carbocycles. The smallest absolute Gasteiger partial charge is 0.303 e. The van der Waals surface area contributed by atoms with Gasteiger partial charge < -0.3 is 15.2 Å². The van der Waals surface area contributed by atoms with Crippen LogP contribution >= 0.6 is 0 Å². The van der Waals surface area contributed by atoms with Gasteiger partial charge in [0.1, 0.15) is 5.75 Å². The number of rotatable bonds is 8. The highest BCUT2D eigenvalue weighted by atomic mass is 16.5. The van der Waals surface area contributed by atoms with Crippen molar-refractivity contribution in [3.05, 3.63) is 29.8 Å². The van der Waals surface area contributed by atoms with Gasteiger partial charge in [0, 0.05) is 12.0 Å². The van der Waals surface area contributed by atoms with Crippen molar-refractivity contribution in [2.24, 2.45) is 0 Å². The van der Waals surface area contributed by atoms with Crippen molar-refractivity contribution in [3.8, 4) is 5.75 Å². The van der Waals surface area contributed by atoms with E-state index in [4.69, 9.17) is 9.84 Å². The number of benzene rings is 1. The van der Waals surface area contributed by atoms with Crippen LogP contribution in [0.25, 0.3) is 0 Å². The van der Waals surface area contributed by atoms with Gasteiger partial charge in [0.2, 0.25) is 0 Å². The highest BCUT2D eigenvalue weighted by Gasteiger charge is 2.26. The average molecular weight is 307 g/mol. The summed E-state index contributed by atoms with van der Waals surface area (Å²) in [4.78, 5) is 23.0. The Labute approximate surface area is 131 Å². The van der Waals surface area contributed by atoms with Crippen LogP contribution in [0.4, 0.5) is 0 Å². The highest BCUT2D eigenvalue weighted by molar-refractivity contribution is 5.82. The lowest BCUT2D eigenvalue weighted by molar-refractivity contribution is -0.138. The Morgan fingerprint density at radius 2 is 1.95 bits per heavy atom. The topological polar surface area (TPSA) is 75.6 Å². The molecule has 1 unspecified atom stereocenters. The molecule has 0 saturated carbocycles. The first kappa shape index (κ1) is 18.0. The first-order valence-electron chi connectivity index (χ1n) is 7.51. The van der Waals surface area contributed by atoms with E-state index in [0.717, 1.165) is 5.56 Å². The molecule has 1 rings (SSSR count). The molecule has 0 aliphatic heterocycles. The average Bonchev–Trinajstić information content (AvgIpc) is 2.44. The standard InChI is InChI=1S/C17H25NO4/c1-5-13(22-14-9-7-6-8-12(14)2)16(21)18-17(3,4)11-10-15(19)20/h6-9,13H,5,10-11H2,1-4H3,(H,18,21)(H,19,20). The minimum absolute atomic E-state index is 0.0166. The fourth-order valence-electron chi connectivity index (χ4n) is 2.06. The van der Waals surface area contributed by atoms with Crippen LogP contribution in [0.1, 0.15) is 45.6 Å². The third-order valence-corrected chi connectivity index (χ3v) is 3.45. The predicted molar refractivity (Wildman–Crippen MR) is 85.0 cm³/mol. The molecule has 0 spiro atoms. The van der Waals surface area contributed by atoms with Crippen molar-refractivity contribution in [1.29, 1.82) is 0 Å².